The second-order valence-corrected chi connectivity index (χ2v) is 9.04. The quantitative estimate of drug-likeness (QED) is 0.259. The maximum absolute atomic E-state index is 13.1. The van der Waals surface area contributed by atoms with Gasteiger partial charge in [-0.25, -0.2) is 0 Å². The van der Waals surface area contributed by atoms with Crippen LogP contribution in [0.25, 0.3) is 5.57 Å². The molecule has 7 heteroatoms. The Labute approximate surface area is 206 Å². The van der Waals surface area contributed by atoms with E-state index in [2.05, 4.69) is 6.07 Å². The summed E-state index contributed by atoms with van der Waals surface area (Å²) < 4.78 is 11.7. The van der Waals surface area contributed by atoms with Gasteiger partial charge in [-0.3, -0.25) is 9.59 Å². The Hall–Kier alpha value is -3.43. The van der Waals surface area contributed by atoms with Gasteiger partial charge in [0, 0.05) is 10.0 Å². The number of halogens is 2. The standard InChI is InChI=1S/C27H17Cl2NO4/c28-20-10-6-16(7-11-20)18(15-30)14-27(19-4-2-1-3-5-19)23-22(25(31)33-26(23)32)24(34-27)17-8-12-21(29)13-9-17/h1-14,22-24H/b18-14+/t22-,23-,24-,27-/m1/s1. The number of benzene rings is 3. The zero-order valence-corrected chi connectivity index (χ0v) is 19.2. The van der Waals surface area contributed by atoms with E-state index in [4.69, 9.17) is 32.7 Å². The van der Waals surface area contributed by atoms with Gasteiger partial charge in [0.05, 0.1) is 17.7 Å². The average Bonchev–Trinajstić information content (AvgIpc) is 3.35. The molecule has 0 bridgehead atoms. The largest absolute Gasteiger partial charge is 0.393 e. The molecule has 2 heterocycles. The molecule has 0 spiro atoms. The molecule has 3 aromatic rings. The van der Waals surface area contributed by atoms with Gasteiger partial charge in [-0.2, -0.15) is 5.26 Å². The molecule has 0 unspecified atom stereocenters. The lowest BCUT2D eigenvalue weighted by molar-refractivity contribution is -0.160. The third-order valence-corrected chi connectivity index (χ3v) is 6.76. The molecule has 2 saturated heterocycles. The van der Waals surface area contributed by atoms with Crippen molar-refractivity contribution >= 4 is 40.7 Å². The van der Waals surface area contributed by atoms with Crippen LogP contribution in [-0.2, 0) is 24.7 Å². The summed E-state index contributed by atoms with van der Waals surface area (Å²) in [5, 5.41) is 11.1. The van der Waals surface area contributed by atoms with E-state index in [0.717, 1.165) is 0 Å². The van der Waals surface area contributed by atoms with Gasteiger partial charge >= 0.3 is 11.9 Å². The monoisotopic (exact) mass is 489 g/mol. The first-order valence-electron chi connectivity index (χ1n) is 10.6. The number of hydrogen-bond acceptors (Lipinski definition) is 5. The summed E-state index contributed by atoms with van der Waals surface area (Å²) in [7, 11) is 0. The highest BCUT2D eigenvalue weighted by Crippen LogP contribution is 2.58. The fraction of sp³-hybridized carbons (Fsp3) is 0.148. The first-order valence-corrected chi connectivity index (χ1v) is 11.3. The molecule has 0 amide bonds. The third kappa shape index (κ3) is 3.70. The molecule has 5 nitrogen and oxygen atoms in total. The van der Waals surface area contributed by atoms with Gasteiger partial charge in [-0.15, -0.1) is 0 Å². The van der Waals surface area contributed by atoms with Gasteiger partial charge in [-0.05, 0) is 47.0 Å². The number of cyclic esters (lactones) is 2. The van der Waals surface area contributed by atoms with E-state index in [1.165, 1.54) is 0 Å². The van der Waals surface area contributed by atoms with Crippen LogP contribution in [0.15, 0.2) is 84.9 Å². The van der Waals surface area contributed by atoms with E-state index in [9.17, 15) is 14.9 Å². The van der Waals surface area contributed by atoms with E-state index in [-0.39, 0.29) is 5.57 Å². The minimum atomic E-state index is -1.41. The van der Waals surface area contributed by atoms with Gasteiger partial charge in [0.25, 0.3) is 0 Å². The van der Waals surface area contributed by atoms with Crippen molar-refractivity contribution in [2.45, 2.75) is 11.7 Å². The highest BCUT2D eigenvalue weighted by Gasteiger charge is 2.66. The molecule has 168 valence electrons. The van der Waals surface area contributed by atoms with Gasteiger partial charge in [0.15, 0.2) is 0 Å². The first-order chi connectivity index (χ1) is 16.4. The Kier molecular flexibility index (Phi) is 5.75. The normalized spacial score (nSPS) is 26.1. The Bertz CT molecular complexity index is 1330. The summed E-state index contributed by atoms with van der Waals surface area (Å²) in [5.74, 6) is -3.18. The van der Waals surface area contributed by atoms with Crippen molar-refractivity contribution in [2.75, 3.05) is 0 Å². The Morgan fingerprint density at radius 3 is 2.12 bits per heavy atom. The molecule has 2 aliphatic rings. The van der Waals surface area contributed by atoms with Gasteiger partial charge in [-0.1, -0.05) is 77.8 Å². The first kappa shape index (κ1) is 22.4. The number of esters is 2. The molecule has 0 saturated carbocycles. The number of ether oxygens (including phenoxy) is 2. The Balaban J connectivity index is 1.73. The predicted molar refractivity (Wildman–Crippen MR) is 127 cm³/mol. The average molecular weight is 490 g/mol. The summed E-state index contributed by atoms with van der Waals surface area (Å²) >= 11 is 12.1. The lowest BCUT2D eigenvalue weighted by Gasteiger charge is -2.31. The van der Waals surface area contributed by atoms with Crippen molar-refractivity contribution in [3.05, 3.63) is 112 Å². The van der Waals surface area contributed by atoms with E-state index >= 15 is 0 Å². The Morgan fingerprint density at radius 1 is 0.882 bits per heavy atom. The smallest absolute Gasteiger partial charge is 0.321 e. The lowest BCUT2D eigenvalue weighted by atomic mass is 9.75. The van der Waals surface area contributed by atoms with Gasteiger partial charge in [0.2, 0.25) is 0 Å². The van der Waals surface area contributed by atoms with Crippen molar-refractivity contribution in [3.63, 3.8) is 0 Å². The van der Waals surface area contributed by atoms with Crippen LogP contribution in [-0.4, -0.2) is 11.9 Å². The van der Waals surface area contributed by atoms with Crippen LogP contribution < -0.4 is 0 Å². The molecule has 5 rings (SSSR count). The fourth-order valence-electron chi connectivity index (χ4n) is 4.72. The third-order valence-electron chi connectivity index (χ3n) is 6.25. The number of nitriles is 1. The number of rotatable bonds is 4. The molecule has 34 heavy (non-hydrogen) atoms. The highest BCUT2D eigenvalue weighted by atomic mass is 35.5. The number of carbonyl (C=O) groups is 2. The van der Waals surface area contributed by atoms with Crippen LogP contribution in [0.5, 0.6) is 0 Å². The molecule has 4 atom stereocenters. The van der Waals surface area contributed by atoms with E-state index in [1.54, 1.807) is 54.6 Å². The fourth-order valence-corrected chi connectivity index (χ4v) is 4.97. The van der Waals surface area contributed by atoms with Gasteiger partial charge < -0.3 is 9.47 Å². The van der Waals surface area contributed by atoms with E-state index in [0.29, 0.717) is 26.7 Å². The molecular formula is C27H17Cl2NO4. The number of allylic oxidation sites excluding steroid dienone is 1. The second-order valence-electron chi connectivity index (χ2n) is 8.17. The van der Waals surface area contributed by atoms with Crippen LogP contribution in [0.1, 0.15) is 22.8 Å². The molecule has 0 aliphatic carbocycles. The molecule has 0 N–H and O–H groups in total. The van der Waals surface area contributed by atoms with Crippen LogP contribution in [0.4, 0.5) is 0 Å². The molecule has 2 fully saturated rings. The van der Waals surface area contributed by atoms with Crippen LogP contribution in [0.3, 0.4) is 0 Å². The zero-order chi connectivity index (χ0) is 23.9. The Morgan fingerprint density at radius 2 is 1.50 bits per heavy atom. The summed E-state index contributed by atoms with van der Waals surface area (Å²) in [5.41, 5.74) is 0.791. The molecule has 3 aromatic carbocycles. The van der Waals surface area contributed by atoms with E-state index in [1.807, 2.05) is 30.3 Å². The summed E-state index contributed by atoms with van der Waals surface area (Å²) in [6, 6.07) is 25.0. The maximum atomic E-state index is 13.1. The van der Waals surface area contributed by atoms with Crippen LogP contribution >= 0.6 is 23.2 Å². The molecule has 0 radical (unpaired) electrons. The molecule has 2 aliphatic heterocycles. The van der Waals surface area contributed by atoms with E-state index < -0.39 is 35.5 Å². The second kappa shape index (κ2) is 8.73. The van der Waals surface area contributed by atoms with Crippen molar-refractivity contribution in [3.8, 4) is 6.07 Å². The van der Waals surface area contributed by atoms with Crippen LogP contribution in [0.2, 0.25) is 10.0 Å². The van der Waals surface area contributed by atoms with Crippen molar-refractivity contribution in [1.82, 2.24) is 0 Å². The number of carbonyl (C=O) groups excluding carboxylic acids is 2. The number of hydrogen-bond donors (Lipinski definition) is 0. The van der Waals surface area contributed by atoms with Crippen molar-refractivity contribution < 1.29 is 19.1 Å². The maximum Gasteiger partial charge on any atom is 0.321 e. The minimum absolute atomic E-state index is 0.281. The molecule has 0 aromatic heterocycles. The SMILES string of the molecule is N#C/C(=C\[C@]1(c2ccccc2)O[C@H](c2ccc(Cl)cc2)[C@@H]2C(=O)OC(=O)[C@@H]21)c1ccc(Cl)cc1. The van der Waals surface area contributed by atoms with Gasteiger partial charge in [0.1, 0.15) is 17.4 Å². The van der Waals surface area contributed by atoms with Crippen molar-refractivity contribution in [2.24, 2.45) is 11.8 Å². The summed E-state index contributed by atoms with van der Waals surface area (Å²) in [6.45, 7) is 0. The van der Waals surface area contributed by atoms with Crippen molar-refractivity contribution in [1.29, 1.82) is 5.26 Å². The summed E-state index contributed by atoms with van der Waals surface area (Å²) in [6.07, 6.45) is 0.849. The highest BCUT2D eigenvalue weighted by molar-refractivity contribution is 6.30. The topological polar surface area (TPSA) is 76.4 Å². The molecular weight excluding hydrogens is 473 g/mol. The van der Waals surface area contributed by atoms with Crippen LogP contribution in [0, 0.1) is 23.2 Å². The predicted octanol–water partition coefficient (Wildman–Crippen LogP) is 5.88. The number of fused-ring (bicyclic) bond motifs is 1. The number of nitrogens with zero attached hydrogens (tertiary/aromatic N) is 1. The minimum Gasteiger partial charge on any atom is -0.393 e. The zero-order valence-electron chi connectivity index (χ0n) is 17.7. The summed E-state index contributed by atoms with van der Waals surface area (Å²) in [4.78, 5) is 25.9. The lowest BCUT2D eigenvalue weighted by Crippen LogP contribution is -2.35.